The molecule has 1 atom stereocenters. The van der Waals surface area contributed by atoms with Gasteiger partial charge in [0, 0.05) is 37.1 Å². The van der Waals surface area contributed by atoms with Crippen molar-refractivity contribution in [3.63, 3.8) is 0 Å². The Bertz CT molecular complexity index is 1300. The molecular formula is C21H17FN6O4. The largest absolute Gasteiger partial charge is 0.442 e. The van der Waals surface area contributed by atoms with Gasteiger partial charge in [0.05, 0.1) is 30.7 Å². The molecule has 1 aliphatic heterocycles. The molecule has 0 aliphatic carbocycles. The minimum atomic E-state index is -0.544. The monoisotopic (exact) mass is 436 g/mol. The molecule has 32 heavy (non-hydrogen) atoms. The lowest BCUT2D eigenvalue weighted by atomic mass is 10.2. The number of rotatable bonds is 6. The van der Waals surface area contributed by atoms with Gasteiger partial charge in [-0.2, -0.15) is 0 Å². The molecule has 11 heteroatoms. The third-order valence-corrected chi connectivity index (χ3v) is 5.10. The number of hydrogen-bond donors (Lipinski definition) is 0. The summed E-state index contributed by atoms with van der Waals surface area (Å²) in [5.74, 6) is -0.585. The van der Waals surface area contributed by atoms with Gasteiger partial charge in [0.2, 0.25) is 5.76 Å². The first-order chi connectivity index (χ1) is 15.5. The first kappa shape index (κ1) is 19.7. The lowest BCUT2D eigenvalue weighted by molar-refractivity contribution is 0.0978. The fraction of sp³-hybridized carbons (Fsp3) is 0.190. The SMILES string of the molecule is CC(=O)c1cc(-c2ccn(-c3ccc(N4C[C@H](Cn5ccnn5)OC4=O)cc3F)c2)no1. The van der Waals surface area contributed by atoms with Crippen molar-refractivity contribution in [2.75, 3.05) is 11.4 Å². The van der Waals surface area contributed by atoms with E-state index < -0.39 is 18.0 Å². The number of carbonyl (C=O) groups is 2. The van der Waals surface area contributed by atoms with Crippen molar-refractivity contribution in [3.05, 3.63) is 66.7 Å². The molecule has 1 aliphatic rings. The third-order valence-electron chi connectivity index (χ3n) is 5.10. The van der Waals surface area contributed by atoms with Crippen LogP contribution in [0.25, 0.3) is 16.9 Å². The summed E-state index contributed by atoms with van der Waals surface area (Å²) >= 11 is 0. The molecule has 1 fully saturated rings. The molecule has 0 radical (unpaired) electrons. The van der Waals surface area contributed by atoms with Gasteiger partial charge in [-0.25, -0.2) is 13.9 Å². The van der Waals surface area contributed by atoms with Crippen LogP contribution >= 0.6 is 0 Å². The van der Waals surface area contributed by atoms with Gasteiger partial charge in [-0.05, 0) is 24.3 Å². The smallest absolute Gasteiger partial charge is 0.414 e. The van der Waals surface area contributed by atoms with Crippen LogP contribution < -0.4 is 4.90 Å². The van der Waals surface area contributed by atoms with E-state index in [2.05, 4.69) is 15.5 Å². The Morgan fingerprint density at radius 1 is 1.25 bits per heavy atom. The second kappa shape index (κ2) is 7.76. The van der Waals surface area contributed by atoms with Crippen LogP contribution in [0, 0.1) is 5.82 Å². The van der Waals surface area contributed by atoms with E-state index in [-0.39, 0.29) is 18.1 Å². The Balaban J connectivity index is 1.34. The average molecular weight is 436 g/mol. The van der Waals surface area contributed by atoms with E-state index in [1.165, 1.54) is 24.0 Å². The normalized spacial score (nSPS) is 15.9. The van der Waals surface area contributed by atoms with Crippen LogP contribution in [0.1, 0.15) is 17.5 Å². The van der Waals surface area contributed by atoms with Crippen molar-refractivity contribution in [2.24, 2.45) is 0 Å². The number of hydrogen-bond acceptors (Lipinski definition) is 7. The van der Waals surface area contributed by atoms with Crippen molar-refractivity contribution in [2.45, 2.75) is 19.6 Å². The van der Waals surface area contributed by atoms with Crippen molar-refractivity contribution < 1.29 is 23.2 Å². The summed E-state index contributed by atoms with van der Waals surface area (Å²) in [6.45, 7) is 2.03. The summed E-state index contributed by atoms with van der Waals surface area (Å²) in [7, 11) is 0. The molecule has 0 unspecified atom stereocenters. The first-order valence-electron chi connectivity index (χ1n) is 9.76. The highest BCUT2D eigenvalue weighted by atomic mass is 19.1. The summed E-state index contributed by atoms with van der Waals surface area (Å²) in [5.41, 5.74) is 1.84. The highest BCUT2D eigenvalue weighted by Gasteiger charge is 2.33. The number of nitrogens with zero attached hydrogens (tertiary/aromatic N) is 6. The molecule has 0 spiro atoms. The Morgan fingerprint density at radius 2 is 2.12 bits per heavy atom. The van der Waals surface area contributed by atoms with E-state index in [1.54, 1.807) is 52.2 Å². The number of anilines is 1. The number of aromatic nitrogens is 5. The Labute approximate surface area is 180 Å². The molecule has 1 aromatic carbocycles. The number of carbonyl (C=O) groups excluding carboxylic acids is 2. The minimum Gasteiger partial charge on any atom is -0.442 e. The zero-order valence-electron chi connectivity index (χ0n) is 16.9. The molecule has 0 bridgehead atoms. The average Bonchev–Trinajstić information content (AvgIpc) is 3.55. The number of halogens is 1. The maximum atomic E-state index is 14.9. The number of ketones is 1. The fourth-order valence-corrected chi connectivity index (χ4v) is 3.51. The molecule has 1 saturated heterocycles. The first-order valence-corrected chi connectivity index (χ1v) is 9.76. The maximum absolute atomic E-state index is 14.9. The van der Waals surface area contributed by atoms with Crippen molar-refractivity contribution in [1.29, 1.82) is 0 Å². The molecule has 4 heterocycles. The Kier molecular flexibility index (Phi) is 4.77. The van der Waals surface area contributed by atoms with Gasteiger partial charge < -0.3 is 13.8 Å². The van der Waals surface area contributed by atoms with Gasteiger partial charge in [0.15, 0.2) is 5.78 Å². The highest BCUT2D eigenvalue weighted by molar-refractivity contribution is 5.92. The number of ether oxygens (including phenoxy) is 1. The Hall–Kier alpha value is -4.28. The quantitative estimate of drug-likeness (QED) is 0.427. The molecule has 0 N–H and O–H groups in total. The predicted octanol–water partition coefficient (Wildman–Crippen LogP) is 3.09. The maximum Gasteiger partial charge on any atom is 0.414 e. The van der Waals surface area contributed by atoms with Crippen LogP contribution in [0.5, 0.6) is 0 Å². The second-order valence-corrected chi connectivity index (χ2v) is 7.32. The van der Waals surface area contributed by atoms with E-state index >= 15 is 0 Å². The summed E-state index contributed by atoms with van der Waals surface area (Å²) in [6.07, 6.45) is 5.61. The molecule has 3 aromatic heterocycles. The molecule has 4 aromatic rings. The summed E-state index contributed by atoms with van der Waals surface area (Å²) < 4.78 is 28.5. The topological polar surface area (TPSA) is 108 Å². The van der Waals surface area contributed by atoms with E-state index in [4.69, 9.17) is 9.26 Å². The van der Waals surface area contributed by atoms with Gasteiger partial charge in [-0.15, -0.1) is 5.10 Å². The minimum absolute atomic E-state index is 0.155. The van der Waals surface area contributed by atoms with Crippen LogP contribution in [-0.2, 0) is 11.3 Å². The van der Waals surface area contributed by atoms with Crippen molar-refractivity contribution in [1.82, 2.24) is 24.7 Å². The zero-order chi connectivity index (χ0) is 22.2. The number of cyclic esters (lactones) is 1. The van der Waals surface area contributed by atoms with Gasteiger partial charge in [-0.3, -0.25) is 9.69 Å². The highest BCUT2D eigenvalue weighted by Crippen LogP contribution is 2.28. The van der Waals surface area contributed by atoms with Crippen LogP contribution in [0.2, 0.25) is 0 Å². The second-order valence-electron chi connectivity index (χ2n) is 7.32. The van der Waals surface area contributed by atoms with E-state index in [0.29, 0.717) is 29.2 Å². The summed E-state index contributed by atoms with van der Waals surface area (Å²) in [4.78, 5) is 25.1. The van der Waals surface area contributed by atoms with Crippen LogP contribution in [0.4, 0.5) is 14.9 Å². The number of amides is 1. The Morgan fingerprint density at radius 3 is 2.84 bits per heavy atom. The van der Waals surface area contributed by atoms with Crippen LogP contribution in [-0.4, -0.2) is 49.2 Å². The van der Waals surface area contributed by atoms with Crippen LogP contribution in [0.15, 0.2) is 59.6 Å². The molecule has 10 nitrogen and oxygen atoms in total. The molecule has 162 valence electrons. The zero-order valence-corrected chi connectivity index (χ0v) is 16.9. The summed E-state index contributed by atoms with van der Waals surface area (Å²) in [6, 6.07) is 7.80. The molecule has 1 amide bonds. The van der Waals surface area contributed by atoms with Crippen LogP contribution in [0.3, 0.4) is 0 Å². The fourth-order valence-electron chi connectivity index (χ4n) is 3.51. The lowest BCUT2D eigenvalue weighted by Gasteiger charge is -2.14. The van der Waals surface area contributed by atoms with Gasteiger partial charge in [-0.1, -0.05) is 10.4 Å². The third kappa shape index (κ3) is 3.64. The van der Waals surface area contributed by atoms with Crippen molar-refractivity contribution >= 4 is 17.6 Å². The molecule has 5 rings (SSSR count). The van der Waals surface area contributed by atoms with Crippen molar-refractivity contribution in [3.8, 4) is 16.9 Å². The molecule has 0 saturated carbocycles. The summed E-state index contributed by atoms with van der Waals surface area (Å²) in [5, 5.41) is 11.5. The number of Topliss-reactive ketones (excluding diaryl/α,β-unsaturated/α-hetero) is 1. The number of benzene rings is 1. The molecular weight excluding hydrogens is 419 g/mol. The van der Waals surface area contributed by atoms with E-state index in [1.807, 2.05) is 0 Å². The van der Waals surface area contributed by atoms with Gasteiger partial charge in [0.25, 0.3) is 0 Å². The van der Waals surface area contributed by atoms with Gasteiger partial charge >= 0.3 is 6.09 Å². The predicted molar refractivity (Wildman–Crippen MR) is 109 cm³/mol. The lowest BCUT2D eigenvalue weighted by Crippen LogP contribution is -2.26. The van der Waals surface area contributed by atoms with E-state index in [0.717, 1.165) is 0 Å². The van der Waals surface area contributed by atoms with E-state index in [9.17, 15) is 14.0 Å². The van der Waals surface area contributed by atoms with Gasteiger partial charge in [0.1, 0.15) is 17.6 Å². The standard InChI is InChI=1S/C21H17FN6O4/c1-13(29)20-9-18(24-32-20)14-4-6-26(10-14)19-3-2-15(8-17(19)22)28-12-16(31-21(28)30)11-27-7-5-23-25-27/h2-10,16H,11-12H2,1H3/t16-/m0/s1.